The van der Waals surface area contributed by atoms with Crippen LogP contribution >= 0.6 is 0 Å². The molecule has 0 unspecified atom stereocenters. The van der Waals surface area contributed by atoms with Gasteiger partial charge in [-0.25, -0.2) is 0 Å². The average Bonchev–Trinajstić information content (AvgIpc) is 3.32. The molecule has 0 saturated heterocycles. The second kappa shape index (κ2) is 5.05. The van der Waals surface area contributed by atoms with E-state index in [9.17, 15) is 0 Å². The van der Waals surface area contributed by atoms with Crippen molar-refractivity contribution in [3.05, 3.63) is 46.5 Å². The fraction of sp³-hybridized carbons (Fsp3) is 0.400. The van der Waals surface area contributed by atoms with Crippen molar-refractivity contribution in [2.45, 2.75) is 25.2 Å². The van der Waals surface area contributed by atoms with E-state index in [2.05, 4.69) is 30.1 Å². The van der Waals surface area contributed by atoms with E-state index in [-0.39, 0.29) is 13.6 Å². The van der Waals surface area contributed by atoms with Crippen molar-refractivity contribution in [3.8, 4) is 23.0 Å². The molecule has 0 aliphatic carbocycles. The molecule has 4 aliphatic heterocycles. The summed E-state index contributed by atoms with van der Waals surface area (Å²) < 4.78 is 28.9. The lowest BCUT2D eigenvalue weighted by molar-refractivity contribution is -0.177. The Hall–Kier alpha value is -2.44. The third-order valence-electron chi connectivity index (χ3n) is 5.98. The smallest absolute Gasteiger partial charge is 0.231 e. The molecular weight excluding hydrogens is 334 g/mol. The van der Waals surface area contributed by atoms with Crippen LogP contribution in [0.25, 0.3) is 0 Å². The number of benzene rings is 2. The monoisotopic (exact) mass is 353 g/mol. The topological polar surface area (TPSA) is 49.4 Å². The van der Waals surface area contributed by atoms with Crippen LogP contribution in [0.5, 0.6) is 23.0 Å². The molecule has 1 spiro atoms. The minimum Gasteiger partial charge on any atom is -0.454 e. The van der Waals surface area contributed by atoms with Gasteiger partial charge in [-0.1, -0.05) is 6.07 Å². The van der Waals surface area contributed by atoms with Gasteiger partial charge in [0.15, 0.2) is 28.7 Å². The largest absolute Gasteiger partial charge is 0.454 e. The molecule has 0 aromatic heterocycles. The fourth-order valence-electron chi connectivity index (χ4n) is 4.54. The van der Waals surface area contributed by atoms with Crippen molar-refractivity contribution in [2.75, 3.05) is 27.2 Å². The molecule has 0 saturated carbocycles. The molecule has 1 atom stereocenters. The number of fused-ring (bicyclic) bond motifs is 6. The van der Waals surface area contributed by atoms with Gasteiger partial charge < -0.3 is 23.7 Å². The summed E-state index contributed by atoms with van der Waals surface area (Å²) in [5.41, 5.74) is 4.31. The third-order valence-corrected chi connectivity index (χ3v) is 5.98. The minimum absolute atomic E-state index is 0.281. The molecule has 0 fully saturated rings. The predicted octanol–water partition coefficient (Wildman–Crippen LogP) is 2.56. The molecular formula is C20H19NO5. The van der Waals surface area contributed by atoms with E-state index < -0.39 is 5.72 Å². The number of rotatable bonds is 0. The first-order chi connectivity index (χ1) is 12.7. The lowest BCUT2D eigenvalue weighted by Crippen LogP contribution is -2.53. The van der Waals surface area contributed by atoms with Crippen LogP contribution in [0.3, 0.4) is 0 Å². The average molecular weight is 353 g/mol. The molecule has 0 radical (unpaired) electrons. The van der Waals surface area contributed by atoms with Crippen LogP contribution in [-0.2, 0) is 29.9 Å². The van der Waals surface area contributed by atoms with Gasteiger partial charge in [-0.2, -0.15) is 0 Å². The number of hydrogen-bond acceptors (Lipinski definition) is 6. The summed E-state index contributed by atoms with van der Waals surface area (Å²) in [6.45, 7) is 2.00. The first-order valence-electron chi connectivity index (χ1n) is 8.93. The van der Waals surface area contributed by atoms with E-state index in [0.29, 0.717) is 6.61 Å². The van der Waals surface area contributed by atoms with E-state index in [0.717, 1.165) is 47.9 Å². The van der Waals surface area contributed by atoms with Crippen molar-refractivity contribution < 1.29 is 23.7 Å². The van der Waals surface area contributed by atoms with Crippen LogP contribution in [0.1, 0.15) is 22.3 Å². The Morgan fingerprint density at radius 2 is 1.73 bits per heavy atom. The Bertz CT molecular complexity index is 927. The molecule has 0 amide bonds. The highest BCUT2D eigenvalue weighted by molar-refractivity contribution is 5.55. The Balaban J connectivity index is 1.49. The van der Waals surface area contributed by atoms with Gasteiger partial charge in [0.2, 0.25) is 13.6 Å². The summed E-state index contributed by atoms with van der Waals surface area (Å²) in [5.74, 6) is 3.28. The van der Waals surface area contributed by atoms with Gasteiger partial charge in [0, 0.05) is 24.1 Å². The maximum absolute atomic E-state index is 6.55. The zero-order chi connectivity index (χ0) is 17.3. The van der Waals surface area contributed by atoms with Crippen molar-refractivity contribution in [1.82, 2.24) is 4.90 Å². The van der Waals surface area contributed by atoms with Crippen molar-refractivity contribution in [2.24, 2.45) is 0 Å². The molecule has 26 heavy (non-hydrogen) atoms. The van der Waals surface area contributed by atoms with Crippen LogP contribution in [0.4, 0.5) is 0 Å². The molecule has 6 heteroatoms. The molecule has 0 N–H and O–H groups in total. The minimum atomic E-state index is -0.491. The molecule has 4 heterocycles. The normalized spacial score (nSPS) is 25.3. The zero-order valence-corrected chi connectivity index (χ0v) is 14.5. The Morgan fingerprint density at radius 1 is 0.923 bits per heavy atom. The summed E-state index contributed by atoms with van der Waals surface area (Å²) in [7, 11) is 2.13. The first kappa shape index (κ1) is 14.7. The molecule has 2 aromatic carbocycles. The van der Waals surface area contributed by atoms with E-state index in [1.165, 1.54) is 16.7 Å². The lowest BCUT2D eigenvalue weighted by atomic mass is 9.82. The van der Waals surface area contributed by atoms with Gasteiger partial charge in [0.1, 0.15) is 0 Å². The number of ether oxygens (including phenoxy) is 5. The number of hydrogen-bond donors (Lipinski definition) is 0. The van der Waals surface area contributed by atoms with Crippen molar-refractivity contribution in [1.29, 1.82) is 0 Å². The van der Waals surface area contributed by atoms with E-state index >= 15 is 0 Å². The fourth-order valence-corrected chi connectivity index (χ4v) is 4.54. The van der Waals surface area contributed by atoms with Crippen LogP contribution in [-0.4, -0.2) is 32.1 Å². The summed E-state index contributed by atoms with van der Waals surface area (Å²) in [4.78, 5) is 2.31. The third kappa shape index (κ3) is 1.83. The Kier molecular flexibility index (Phi) is 2.86. The SMILES string of the molecule is CN1CCc2cc3c(cc2[C@@]12Cc1ccc4c(c1CO2)OCO4)OCO3. The summed E-state index contributed by atoms with van der Waals surface area (Å²) in [5, 5.41) is 0. The second-order valence-corrected chi connectivity index (χ2v) is 7.22. The maximum atomic E-state index is 6.55. The number of likely N-dealkylation sites (N-methyl/N-ethyl adjacent to an activating group) is 1. The van der Waals surface area contributed by atoms with Gasteiger partial charge >= 0.3 is 0 Å². The van der Waals surface area contributed by atoms with Crippen LogP contribution < -0.4 is 18.9 Å². The van der Waals surface area contributed by atoms with E-state index in [1.54, 1.807) is 0 Å². The van der Waals surface area contributed by atoms with Crippen LogP contribution in [0, 0.1) is 0 Å². The molecule has 4 aliphatic rings. The Morgan fingerprint density at radius 3 is 2.65 bits per heavy atom. The molecule has 134 valence electrons. The summed E-state index contributed by atoms with van der Waals surface area (Å²) in [6.07, 6.45) is 1.74. The van der Waals surface area contributed by atoms with Gasteiger partial charge in [-0.15, -0.1) is 0 Å². The predicted molar refractivity (Wildman–Crippen MR) is 91.6 cm³/mol. The zero-order valence-electron chi connectivity index (χ0n) is 14.5. The highest BCUT2D eigenvalue weighted by Gasteiger charge is 2.46. The first-order valence-corrected chi connectivity index (χ1v) is 8.93. The van der Waals surface area contributed by atoms with Gasteiger partial charge in [-0.05, 0) is 42.8 Å². The number of nitrogens with zero attached hydrogens (tertiary/aromatic N) is 1. The summed E-state index contributed by atoms with van der Waals surface area (Å²) >= 11 is 0. The Labute approximate surface area is 151 Å². The van der Waals surface area contributed by atoms with Crippen LogP contribution in [0.2, 0.25) is 0 Å². The van der Waals surface area contributed by atoms with Crippen molar-refractivity contribution in [3.63, 3.8) is 0 Å². The van der Waals surface area contributed by atoms with Crippen LogP contribution in [0.15, 0.2) is 24.3 Å². The lowest BCUT2D eigenvalue weighted by Gasteiger charge is -2.48. The molecule has 2 aromatic rings. The van der Waals surface area contributed by atoms with E-state index in [1.807, 2.05) is 6.07 Å². The second-order valence-electron chi connectivity index (χ2n) is 7.22. The molecule has 0 bridgehead atoms. The molecule has 6 rings (SSSR count). The highest BCUT2D eigenvalue weighted by Crippen LogP contribution is 2.49. The van der Waals surface area contributed by atoms with Gasteiger partial charge in [0.25, 0.3) is 0 Å². The van der Waals surface area contributed by atoms with Gasteiger partial charge in [0.05, 0.1) is 6.61 Å². The maximum Gasteiger partial charge on any atom is 0.231 e. The highest BCUT2D eigenvalue weighted by atomic mass is 16.7. The molecule has 6 nitrogen and oxygen atoms in total. The summed E-state index contributed by atoms with van der Waals surface area (Å²) in [6, 6.07) is 8.36. The van der Waals surface area contributed by atoms with E-state index in [4.69, 9.17) is 23.7 Å². The van der Waals surface area contributed by atoms with Crippen molar-refractivity contribution >= 4 is 0 Å². The van der Waals surface area contributed by atoms with Gasteiger partial charge in [-0.3, -0.25) is 4.90 Å². The quantitative estimate of drug-likeness (QED) is 0.726. The standard InChI is InChI=1S/C20H19NO5/c1-21-5-4-12-6-17-18(24-10-23-17)7-15(12)20(21)8-13-2-3-16-19(25-11-22-16)14(13)9-26-20/h2-3,6-7H,4-5,8-11H2,1H3/t20-/m0/s1.